The molecule has 1 aliphatic rings. The van der Waals surface area contributed by atoms with E-state index in [0.29, 0.717) is 25.0 Å². The van der Waals surface area contributed by atoms with E-state index in [1.54, 1.807) is 17.9 Å². The molecule has 2 rings (SSSR count). The first-order valence-corrected chi connectivity index (χ1v) is 6.46. The molecule has 1 aliphatic carbocycles. The second-order valence-electron chi connectivity index (χ2n) is 5.31. The van der Waals surface area contributed by atoms with Crippen LogP contribution in [0.1, 0.15) is 31.4 Å². The maximum atomic E-state index is 12.5. The SMILES string of the molecule is Cn1cc(CC(O)C2CCC(C(F)(F)F)CC2)nn1. The number of rotatable bonds is 3. The smallest absolute Gasteiger partial charge is 0.391 e. The first-order valence-electron chi connectivity index (χ1n) is 6.46. The fourth-order valence-corrected chi connectivity index (χ4v) is 2.70. The lowest BCUT2D eigenvalue weighted by Crippen LogP contribution is -2.32. The van der Waals surface area contributed by atoms with Crippen LogP contribution in [0.3, 0.4) is 0 Å². The molecule has 108 valence electrons. The van der Waals surface area contributed by atoms with Gasteiger partial charge in [0.1, 0.15) is 0 Å². The number of nitrogens with zero attached hydrogens (tertiary/aromatic N) is 3. The van der Waals surface area contributed by atoms with E-state index < -0.39 is 18.2 Å². The molecule has 0 aliphatic heterocycles. The van der Waals surface area contributed by atoms with Crippen LogP contribution in [0.5, 0.6) is 0 Å². The van der Waals surface area contributed by atoms with Crippen molar-refractivity contribution in [3.63, 3.8) is 0 Å². The van der Waals surface area contributed by atoms with Crippen LogP contribution in [0, 0.1) is 11.8 Å². The van der Waals surface area contributed by atoms with Gasteiger partial charge in [-0.1, -0.05) is 5.21 Å². The van der Waals surface area contributed by atoms with Gasteiger partial charge >= 0.3 is 6.18 Å². The molecular formula is C12H18F3N3O. The topological polar surface area (TPSA) is 50.9 Å². The summed E-state index contributed by atoms with van der Waals surface area (Å²) in [5, 5.41) is 17.7. The fraction of sp³-hybridized carbons (Fsp3) is 0.833. The number of hydrogen-bond donors (Lipinski definition) is 1. The predicted octanol–water partition coefficient (Wildman–Crippen LogP) is 2.09. The molecule has 1 heterocycles. The highest BCUT2D eigenvalue weighted by Crippen LogP contribution is 2.40. The van der Waals surface area contributed by atoms with Crippen molar-refractivity contribution < 1.29 is 18.3 Å². The van der Waals surface area contributed by atoms with Crippen molar-refractivity contribution in [2.75, 3.05) is 0 Å². The van der Waals surface area contributed by atoms with Crippen LogP contribution in [0.15, 0.2) is 6.20 Å². The maximum absolute atomic E-state index is 12.5. The largest absolute Gasteiger partial charge is 0.392 e. The lowest BCUT2D eigenvalue weighted by atomic mass is 9.78. The van der Waals surface area contributed by atoms with E-state index >= 15 is 0 Å². The highest BCUT2D eigenvalue weighted by molar-refractivity contribution is 4.96. The van der Waals surface area contributed by atoms with Crippen LogP contribution < -0.4 is 0 Å². The number of aliphatic hydroxyl groups is 1. The van der Waals surface area contributed by atoms with Gasteiger partial charge in [-0.05, 0) is 31.6 Å². The Morgan fingerprint density at radius 2 is 2.00 bits per heavy atom. The van der Waals surface area contributed by atoms with Crippen molar-refractivity contribution in [1.82, 2.24) is 15.0 Å². The molecule has 1 saturated carbocycles. The summed E-state index contributed by atoms with van der Waals surface area (Å²) in [6.07, 6.45) is -1.58. The Hall–Kier alpha value is -1.11. The summed E-state index contributed by atoms with van der Waals surface area (Å²) < 4.78 is 39.2. The highest BCUT2D eigenvalue weighted by Gasteiger charge is 2.42. The van der Waals surface area contributed by atoms with Crippen LogP contribution in [0.4, 0.5) is 13.2 Å². The van der Waals surface area contributed by atoms with Crippen LogP contribution in [0.25, 0.3) is 0 Å². The number of hydrogen-bond acceptors (Lipinski definition) is 3. The van der Waals surface area contributed by atoms with E-state index in [2.05, 4.69) is 10.3 Å². The Balaban J connectivity index is 1.84. The van der Waals surface area contributed by atoms with Crippen molar-refractivity contribution in [2.24, 2.45) is 18.9 Å². The molecule has 0 saturated heterocycles. The van der Waals surface area contributed by atoms with E-state index in [1.807, 2.05) is 0 Å². The van der Waals surface area contributed by atoms with Gasteiger partial charge in [0.15, 0.2) is 0 Å². The first kappa shape index (κ1) is 14.3. The highest BCUT2D eigenvalue weighted by atomic mass is 19.4. The Kier molecular flexibility index (Phi) is 4.13. The minimum absolute atomic E-state index is 0.0689. The molecule has 0 spiro atoms. The zero-order valence-corrected chi connectivity index (χ0v) is 10.8. The molecule has 1 aromatic heterocycles. The Labute approximate surface area is 109 Å². The van der Waals surface area contributed by atoms with Crippen LogP contribution in [0.2, 0.25) is 0 Å². The Morgan fingerprint density at radius 1 is 1.37 bits per heavy atom. The van der Waals surface area contributed by atoms with Gasteiger partial charge in [-0.15, -0.1) is 5.10 Å². The second kappa shape index (κ2) is 5.48. The number of halogens is 3. The number of alkyl halides is 3. The molecule has 1 unspecified atom stereocenters. The van der Waals surface area contributed by atoms with Gasteiger partial charge in [0.25, 0.3) is 0 Å². The number of aromatic nitrogens is 3. The summed E-state index contributed by atoms with van der Waals surface area (Å²) in [6, 6.07) is 0. The third-order valence-electron chi connectivity index (χ3n) is 3.85. The fourth-order valence-electron chi connectivity index (χ4n) is 2.70. The Bertz CT molecular complexity index is 411. The molecule has 1 aromatic rings. The quantitative estimate of drug-likeness (QED) is 0.920. The monoisotopic (exact) mass is 277 g/mol. The summed E-state index contributed by atoms with van der Waals surface area (Å²) in [7, 11) is 1.73. The molecule has 4 nitrogen and oxygen atoms in total. The summed E-state index contributed by atoms with van der Waals surface area (Å²) >= 11 is 0. The predicted molar refractivity (Wildman–Crippen MR) is 62.2 cm³/mol. The van der Waals surface area contributed by atoms with Gasteiger partial charge < -0.3 is 5.11 Å². The van der Waals surface area contributed by atoms with Crippen molar-refractivity contribution in [1.29, 1.82) is 0 Å². The summed E-state index contributed by atoms with van der Waals surface area (Å²) in [5.74, 6) is -1.27. The zero-order chi connectivity index (χ0) is 14.0. The van der Waals surface area contributed by atoms with E-state index in [4.69, 9.17) is 0 Å². The first-order chi connectivity index (χ1) is 8.86. The van der Waals surface area contributed by atoms with Gasteiger partial charge in [0, 0.05) is 19.7 Å². The molecule has 1 N–H and O–H groups in total. The van der Waals surface area contributed by atoms with Gasteiger partial charge in [0.2, 0.25) is 0 Å². The van der Waals surface area contributed by atoms with Gasteiger partial charge in [0.05, 0.1) is 17.7 Å². The molecule has 19 heavy (non-hydrogen) atoms. The van der Waals surface area contributed by atoms with E-state index in [9.17, 15) is 18.3 Å². The molecule has 1 atom stereocenters. The third-order valence-corrected chi connectivity index (χ3v) is 3.85. The van der Waals surface area contributed by atoms with Gasteiger partial charge in [-0.25, -0.2) is 0 Å². The Morgan fingerprint density at radius 3 is 2.47 bits per heavy atom. The third kappa shape index (κ3) is 3.68. The van der Waals surface area contributed by atoms with E-state index in [1.165, 1.54) is 0 Å². The van der Waals surface area contributed by atoms with E-state index in [0.717, 1.165) is 0 Å². The van der Waals surface area contributed by atoms with Crippen molar-refractivity contribution in [3.8, 4) is 0 Å². The van der Waals surface area contributed by atoms with Crippen LogP contribution in [-0.4, -0.2) is 32.4 Å². The van der Waals surface area contributed by atoms with Crippen molar-refractivity contribution in [3.05, 3.63) is 11.9 Å². The summed E-state index contributed by atoms with van der Waals surface area (Å²) in [5.41, 5.74) is 0.674. The average molecular weight is 277 g/mol. The zero-order valence-electron chi connectivity index (χ0n) is 10.8. The molecule has 0 bridgehead atoms. The maximum Gasteiger partial charge on any atom is 0.391 e. The normalized spacial score (nSPS) is 26.4. The molecule has 0 amide bonds. The summed E-state index contributed by atoms with van der Waals surface area (Å²) in [6.45, 7) is 0. The lowest BCUT2D eigenvalue weighted by Gasteiger charge is -2.32. The van der Waals surface area contributed by atoms with Gasteiger partial charge in [-0.2, -0.15) is 13.2 Å². The average Bonchev–Trinajstić information content (AvgIpc) is 2.74. The van der Waals surface area contributed by atoms with Crippen LogP contribution in [-0.2, 0) is 13.5 Å². The van der Waals surface area contributed by atoms with Gasteiger partial charge in [-0.3, -0.25) is 4.68 Å². The number of aryl methyl sites for hydroxylation is 1. The minimum Gasteiger partial charge on any atom is -0.392 e. The number of aliphatic hydroxyl groups excluding tert-OH is 1. The molecular weight excluding hydrogens is 259 g/mol. The van der Waals surface area contributed by atoms with Crippen molar-refractivity contribution in [2.45, 2.75) is 44.4 Å². The molecule has 0 radical (unpaired) electrons. The minimum atomic E-state index is -4.10. The molecule has 7 heteroatoms. The standard InChI is InChI=1S/C12H18F3N3O/c1-18-7-10(16-17-18)6-11(19)8-2-4-9(5-3-8)12(13,14)15/h7-9,11,19H,2-6H2,1H3. The van der Waals surface area contributed by atoms with E-state index in [-0.39, 0.29) is 18.8 Å². The molecule has 1 fully saturated rings. The second-order valence-corrected chi connectivity index (χ2v) is 5.31. The lowest BCUT2D eigenvalue weighted by molar-refractivity contribution is -0.185. The summed E-state index contributed by atoms with van der Waals surface area (Å²) in [4.78, 5) is 0. The van der Waals surface area contributed by atoms with Crippen LogP contribution >= 0.6 is 0 Å². The molecule has 0 aromatic carbocycles. The van der Waals surface area contributed by atoms with Crippen molar-refractivity contribution >= 4 is 0 Å².